The third kappa shape index (κ3) is 3.97. The molecule has 5 nitrogen and oxygen atoms in total. The Bertz CT molecular complexity index is 1200. The van der Waals surface area contributed by atoms with E-state index in [9.17, 15) is 4.79 Å². The predicted octanol–water partition coefficient (Wildman–Crippen LogP) is 4.29. The standard InChI is InChI=1S/C26H26N4O/c1-20-18-25(27-30(20)23-11-3-2-4-12-23)26(31)29-16-14-28(15-17-29)19-22-10-7-9-21-8-5-6-13-24(21)22/h2-13,18H,14-17,19H2,1H3. The molecule has 0 N–H and O–H groups in total. The lowest BCUT2D eigenvalue weighted by molar-refractivity contribution is 0.0622. The highest BCUT2D eigenvalue weighted by Gasteiger charge is 2.24. The summed E-state index contributed by atoms with van der Waals surface area (Å²) in [6, 6.07) is 26.8. The molecule has 2 heterocycles. The molecule has 3 aromatic carbocycles. The summed E-state index contributed by atoms with van der Waals surface area (Å²) in [6.07, 6.45) is 0. The SMILES string of the molecule is Cc1cc(C(=O)N2CCN(Cc3cccc4ccccc34)CC2)nn1-c1ccccc1. The molecule has 1 fully saturated rings. The summed E-state index contributed by atoms with van der Waals surface area (Å²) < 4.78 is 1.84. The number of carbonyl (C=O) groups is 1. The molecular formula is C26H26N4O. The topological polar surface area (TPSA) is 41.4 Å². The Morgan fingerprint density at radius 1 is 0.871 bits per heavy atom. The Kier molecular flexibility index (Phi) is 5.26. The van der Waals surface area contributed by atoms with Gasteiger partial charge in [0.2, 0.25) is 0 Å². The number of carbonyl (C=O) groups excluding carboxylic acids is 1. The summed E-state index contributed by atoms with van der Waals surface area (Å²) >= 11 is 0. The third-order valence-electron chi connectivity index (χ3n) is 6.04. The Morgan fingerprint density at radius 3 is 2.39 bits per heavy atom. The molecule has 1 aliphatic rings. The van der Waals surface area contributed by atoms with Crippen molar-refractivity contribution < 1.29 is 4.79 Å². The Balaban J connectivity index is 1.25. The van der Waals surface area contributed by atoms with Crippen molar-refractivity contribution in [3.05, 3.63) is 95.8 Å². The van der Waals surface area contributed by atoms with Gasteiger partial charge in [-0.1, -0.05) is 60.7 Å². The van der Waals surface area contributed by atoms with Gasteiger partial charge in [-0.05, 0) is 41.5 Å². The maximum Gasteiger partial charge on any atom is 0.274 e. The van der Waals surface area contributed by atoms with Crippen molar-refractivity contribution in [2.75, 3.05) is 26.2 Å². The molecule has 0 aliphatic carbocycles. The van der Waals surface area contributed by atoms with Gasteiger partial charge in [-0.3, -0.25) is 9.69 Å². The highest BCUT2D eigenvalue weighted by atomic mass is 16.2. The first-order chi connectivity index (χ1) is 15.2. The fourth-order valence-electron chi connectivity index (χ4n) is 4.35. The van der Waals surface area contributed by atoms with Crippen LogP contribution in [0, 0.1) is 6.92 Å². The molecule has 1 amide bonds. The number of aryl methyl sites for hydroxylation is 1. The number of piperazine rings is 1. The molecule has 0 spiro atoms. The van der Waals surface area contributed by atoms with Crippen molar-refractivity contribution in [2.45, 2.75) is 13.5 Å². The summed E-state index contributed by atoms with van der Waals surface area (Å²) in [5, 5.41) is 7.17. The first-order valence-electron chi connectivity index (χ1n) is 10.8. The molecule has 0 radical (unpaired) electrons. The van der Waals surface area contributed by atoms with Gasteiger partial charge in [-0.25, -0.2) is 4.68 Å². The van der Waals surface area contributed by atoms with Gasteiger partial charge in [0.15, 0.2) is 5.69 Å². The van der Waals surface area contributed by atoms with E-state index in [1.807, 2.05) is 52.9 Å². The number of hydrogen-bond acceptors (Lipinski definition) is 3. The van der Waals surface area contributed by atoms with Crippen molar-refractivity contribution in [1.82, 2.24) is 19.6 Å². The van der Waals surface area contributed by atoms with Crippen molar-refractivity contribution in [2.24, 2.45) is 0 Å². The van der Waals surface area contributed by atoms with Crippen LogP contribution in [-0.2, 0) is 6.54 Å². The minimum atomic E-state index is 0.0163. The van der Waals surface area contributed by atoms with E-state index in [2.05, 4.69) is 52.5 Å². The van der Waals surface area contributed by atoms with Crippen LogP contribution in [0.15, 0.2) is 78.9 Å². The van der Waals surface area contributed by atoms with Gasteiger partial charge in [0.05, 0.1) is 5.69 Å². The Labute approximate surface area is 182 Å². The molecule has 1 saturated heterocycles. The second-order valence-electron chi connectivity index (χ2n) is 8.12. The molecule has 1 aliphatic heterocycles. The van der Waals surface area contributed by atoms with Crippen LogP contribution >= 0.6 is 0 Å². The summed E-state index contributed by atoms with van der Waals surface area (Å²) in [6.45, 7) is 6.08. The molecular weight excluding hydrogens is 384 g/mol. The monoisotopic (exact) mass is 410 g/mol. The van der Waals surface area contributed by atoms with E-state index in [1.165, 1.54) is 16.3 Å². The lowest BCUT2D eigenvalue weighted by Gasteiger charge is -2.34. The molecule has 4 aromatic rings. The quantitative estimate of drug-likeness (QED) is 0.504. The van der Waals surface area contributed by atoms with E-state index >= 15 is 0 Å². The van der Waals surface area contributed by atoms with E-state index in [-0.39, 0.29) is 5.91 Å². The largest absolute Gasteiger partial charge is 0.335 e. The fraction of sp³-hybridized carbons (Fsp3) is 0.231. The van der Waals surface area contributed by atoms with E-state index < -0.39 is 0 Å². The molecule has 0 saturated carbocycles. The van der Waals surface area contributed by atoms with Crippen molar-refractivity contribution in [3.63, 3.8) is 0 Å². The molecule has 1 aromatic heterocycles. The van der Waals surface area contributed by atoms with Crippen LogP contribution in [0.5, 0.6) is 0 Å². The van der Waals surface area contributed by atoms with E-state index in [4.69, 9.17) is 0 Å². The highest BCUT2D eigenvalue weighted by molar-refractivity contribution is 5.92. The first-order valence-corrected chi connectivity index (χ1v) is 10.8. The predicted molar refractivity (Wildman–Crippen MR) is 123 cm³/mol. The third-order valence-corrected chi connectivity index (χ3v) is 6.04. The maximum absolute atomic E-state index is 13.1. The van der Waals surface area contributed by atoms with Gasteiger partial charge in [-0.15, -0.1) is 0 Å². The number of amides is 1. The second-order valence-corrected chi connectivity index (χ2v) is 8.12. The number of nitrogens with zero attached hydrogens (tertiary/aromatic N) is 4. The zero-order valence-corrected chi connectivity index (χ0v) is 17.7. The lowest BCUT2D eigenvalue weighted by atomic mass is 10.0. The van der Waals surface area contributed by atoms with Crippen LogP contribution in [0.2, 0.25) is 0 Å². The fourth-order valence-corrected chi connectivity index (χ4v) is 4.35. The Morgan fingerprint density at radius 2 is 1.58 bits per heavy atom. The molecule has 31 heavy (non-hydrogen) atoms. The highest BCUT2D eigenvalue weighted by Crippen LogP contribution is 2.21. The van der Waals surface area contributed by atoms with Crippen LogP contribution in [0.1, 0.15) is 21.7 Å². The maximum atomic E-state index is 13.1. The van der Waals surface area contributed by atoms with Crippen LogP contribution in [0.4, 0.5) is 0 Å². The van der Waals surface area contributed by atoms with Crippen molar-refractivity contribution in [1.29, 1.82) is 0 Å². The van der Waals surface area contributed by atoms with Gasteiger partial charge < -0.3 is 4.90 Å². The summed E-state index contributed by atoms with van der Waals surface area (Å²) in [5.74, 6) is 0.0163. The lowest BCUT2D eigenvalue weighted by Crippen LogP contribution is -2.48. The molecule has 5 rings (SSSR count). The van der Waals surface area contributed by atoms with Crippen LogP contribution < -0.4 is 0 Å². The van der Waals surface area contributed by atoms with Crippen LogP contribution in [0.3, 0.4) is 0 Å². The van der Waals surface area contributed by atoms with Gasteiger partial charge in [0.25, 0.3) is 5.91 Å². The molecule has 0 bridgehead atoms. The Hall–Kier alpha value is -3.44. The van der Waals surface area contributed by atoms with Crippen molar-refractivity contribution >= 4 is 16.7 Å². The number of rotatable bonds is 4. The second kappa shape index (κ2) is 8.36. The molecule has 5 heteroatoms. The van der Waals surface area contributed by atoms with Gasteiger partial charge >= 0.3 is 0 Å². The smallest absolute Gasteiger partial charge is 0.274 e. The van der Waals surface area contributed by atoms with E-state index in [1.54, 1.807) is 0 Å². The van der Waals surface area contributed by atoms with Gasteiger partial charge in [0.1, 0.15) is 0 Å². The average Bonchev–Trinajstić information content (AvgIpc) is 3.21. The summed E-state index contributed by atoms with van der Waals surface area (Å²) in [5.41, 5.74) is 3.79. The number of fused-ring (bicyclic) bond motifs is 1. The molecule has 0 unspecified atom stereocenters. The minimum Gasteiger partial charge on any atom is -0.335 e. The summed E-state index contributed by atoms with van der Waals surface area (Å²) in [7, 11) is 0. The van der Waals surface area contributed by atoms with Gasteiger partial charge in [0, 0.05) is 38.4 Å². The zero-order valence-electron chi connectivity index (χ0n) is 17.7. The number of para-hydroxylation sites is 1. The van der Waals surface area contributed by atoms with Crippen LogP contribution in [0.25, 0.3) is 16.5 Å². The zero-order chi connectivity index (χ0) is 21.2. The van der Waals surface area contributed by atoms with E-state index in [0.717, 1.165) is 44.1 Å². The van der Waals surface area contributed by atoms with Gasteiger partial charge in [-0.2, -0.15) is 5.10 Å². The summed E-state index contributed by atoms with van der Waals surface area (Å²) in [4.78, 5) is 17.4. The number of benzene rings is 3. The van der Waals surface area contributed by atoms with Crippen LogP contribution in [-0.4, -0.2) is 51.7 Å². The molecule has 156 valence electrons. The van der Waals surface area contributed by atoms with E-state index in [0.29, 0.717) is 5.69 Å². The normalized spacial score (nSPS) is 14.8. The number of hydrogen-bond donors (Lipinski definition) is 0. The first kappa shape index (κ1) is 19.5. The minimum absolute atomic E-state index is 0.0163. The molecule has 0 atom stereocenters. The van der Waals surface area contributed by atoms with Crippen molar-refractivity contribution in [3.8, 4) is 5.69 Å². The average molecular weight is 411 g/mol. The number of aromatic nitrogens is 2.